The molecule has 0 radical (unpaired) electrons. The van der Waals surface area contributed by atoms with Crippen LogP contribution in [0, 0.1) is 0 Å². The number of urea groups is 1. The zero-order valence-corrected chi connectivity index (χ0v) is 14.9. The number of aromatic nitrogens is 1. The Labute approximate surface area is 153 Å². The Morgan fingerprint density at radius 1 is 1.08 bits per heavy atom. The minimum atomic E-state index is -0.179. The van der Waals surface area contributed by atoms with E-state index in [9.17, 15) is 4.79 Å². The molecule has 2 amide bonds. The average Bonchev–Trinajstić information content (AvgIpc) is 2.63. The highest BCUT2D eigenvalue weighted by Crippen LogP contribution is 2.18. The summed E-state index contributed by atoms with van der Waals surface area (Å²) in [6.07, 6.45) is 7.50. The molecule has 5 nitrogen and oxygen atoms in total. The van der Waals surface area contributed by atoms with Crippen LogP contribution in [-0.2, 0) is 6.54 Å². The van der Waals surface area contributed by atoms with Crippen molar-refractivity contribution in [1.82, 2.24) is 10.3 Å². The number of halogens is 1. The molecule has 3 N–H and O–H groups in total. The minimum Gasteiger partial charge on any atom is -0.380 e. The highest BCUT2D eigenvalue weighted by molar-refractivity contribution is 6.30. The lowest BCUT2D eigenvalue weighted by Gasteiger charge is -2.22. The molecule has 0 saturated heterocycles. The smallest absolute Gasteiger partial charge is 0.320 e. The first-order chi connectivity index (χ1) is 12.2. The van der Waals surface area contributed by atoms with Crippen LogP contribution in [0.2, 0.25) is 5.02 Å². The van der Waals surface area contributed by atoms with E-state index in [1.807, 2.05) is 30.3 Å². The van der Waals surface area contributed by atoms with Crippen molar-refractivity contribution < 1.29 is 4.79 Å². The lowest BCUT2D eigenvalue weighted by atomic mass is 9.96. The van der Waals surface area contributed by atoms with Crippen LogP contribution in [0.4, 0.5) is 16.3 Å². The maximum atomic E-state index is 12.0. The van der Waals surface area contributed by atoms with Gasteiger partial charge in [-0.2, -0.15) is 0 Å². The summed E-state index contributed by atoms with van der Waals surface area (Å²) in [6.45, 7) is 0.688. The molecule has 2 aromatic rings. The number of anilines is 2. The second kappa shape index (κ2) is 8.72. The van der Waals surface area contributed by atoms with Crippen LogP contribution < -0.4 is 16.0 Å². The fourth-order valence-electron chi connectivity index (χ4n) is 2.96. The van der Waals surface area contributed by atoms with Gasteiger partial charge in [-0.15, -0.1) is 0 Å². The number of pyridine rings is 1. The molecule has 1 heterocycles. The molecule has 0 atom stereocenters. The first-order valence-corrected chi connectivity index (χ1v) is 9.09. The molecule has 1 fully saturated rings. The van der Waals surface area contributed by atoms with Crippen LogP contribution >= 0.6 is 11.6 Å². The highest BCUT2D eigenvalue weighted by atomic mass is 35.5. The Bertz CT molecular complexity index is 682. The van der Waals surface area contributed by atoms with Crippen molar-refractivity contribution >= 4 is 29.1 Å². The van der Waals surface area contributed by atoms with Crippen molar-refractivity contribution in [2.24, 2.45) is 0 Å². The van der Waals surface area contributed by atoms with Gasteiger partial charge in [-0.3, -0.25) is 5.32 Å². The Balaban J connectivity index is 1.46. The van der Waals surface area contributed by atoms with Crippen molar-refractivity contribution in [2.75, 3.05) is 10.6 Å². The van der Waals surface area contributed by atoms with Gasteiger partial charge in [-0.1, -0.05) is 43.0 Å². The zero-order chi connectivity index (χ0) is 17.5. The third kappa shape index (κ3) is 5.64. The first kappa shape index (κ1) is 17.5. The molecule has 1 aliphatic rings. The zero-order valence-electron chi connectivity index (χ0n) is 14.1. The topological polar surface area (TPSA) is 66.0 Å². The predicted octanol–water partition coefficient (Wildman–Crippen LogP) is 4.80. The second-order valence-corrected chi connectivity index (χ2v) is 6.78. The minimum absolute atomic E-state index is 0.179. The molecular weight excluding hydrogens is 336 g/mol. The number of nitrogens with zero attached hydrogens (tertiary/aromatic N) is 1. The summed E-state index contributed by atoms with van der Waals surface area (Å²) in [7, 11) is 0. The molecule has 1 aliphatic carbocycles. The Morgan fingerprint density at radius 2 is 1.84 bits per heavy atom. The van der Waals surface area contributed by atoms with Crippen molar-refractivity contribution in [2.45, 2.75) is 44.7 Å². The summed E-state index contributed by atoms with van der Waals surface area (Å²) in [4.78, 5) is 16.3. The highest BCUT2D eigenvalue weighted by Gasteiger charge is 2.15. The molecule has 132 valence electrons. The van der Waals surface area contributed by atoms with Crippen molar-refractivity contribution in [3.8, 4) is 0 Å². The number of nitrogens with one attached hydrogen (secondary N) is 3. The van der Waals surface area contributed by atoms with E-state index in [4.69, 9.17) is 11.6 Å². The molecule has 6 heteroatoms. The van der Waals surface area contributed by atoms with Gasteiger partial charge in [-0.25, -0.2) is 9.78 Å². The van der Waals surface area contributed by atoms with Gasteiger partial charge in [0.1, 0.15) is 5.82 Å². The first-order valence-electron chi connectivity index (χ1n) is 8.71. The summed E-state index contributed by atoms with van der Waals surface area (Å²) in [5.74, 6) is 0.547. The van der Waals surface area contributed by atoms with E-state index in [1.165, 1.54) is 19.3 Å². The summed E-state index contributed by atoms with van der Waals surface area (Å²) in [6, 6.07) is 11.5. The van der Waals surface area contributed by atoms with Gasteiger partial charge in [0, 0.05) is 17.6 Å². The molecule has 1 saturated carbocycles. The van der Waals surface area contributed by atoms with Gasteiger partial charge < -0.3 is 10.6 Å². The monoisotopic (exact) mass is 358 g/mol. The predicted molar refractivity (Wildman–Crippen MR) is 102 cm³/mol. The fourth-order valence-corrected chi connectivity index (χ4v) is 3.09. The van der Waals surface area contributed by atoms with Gasteiger partial charge >= 0.3 is 6.03 Å². The van der Waals surface area contributed by atoms with E-state index >= 15 is 0 Å². The summed E-state index contributed by atoms with van der Waals surface area (Å²) < 4.78 is 0. The van der Waals surface area contributed by atoms with E-state index in [2.05, 4.69) is 20.9 Å². The lowest BCUT2D eigenvalue weighted by Crippen LogP contribution is -2.39. The number of benzene rings is 1. The number of carbonyl (C=O) groups is 1. The van der Waals surface area contributed by atoms with Crippen LogP contribution in [0.1, 0.15) is 37.7 Å². The normalized spacial score (nSPS) is 14.8. The van der Waals surface area contributed by atoms with E-state index < -0.39 is 0 Å². The fraction of sp³-hybridized carbons (Fsp3) is 0.368. The molecule has 0 bridgehead atoms. The summed E-state index contributed by atoms with van der Waals surface area (Å²) in [5, 5.41) is 9.83. The van der Waals surface area contributed by atoms with Gasteiger partial charge in [0.25, 0.3) is 0 Å². The number of amides is 2. The van der Waals surface area contributed by atoms with Crippen LogP contribution in [0.15, 0.2) is 42.6 Å². The van der Waals surface area contributed by atoms with E-state index in [0.29, 0.717) is 12.4 Å². The number of hydrogen-bond acceptors (Lipinski definition) is 3. The Morgan fingerprint density at radius 3 is 2.52 bits per heavy atom. The van der Waals surface area contributed by atoms with Gasteiger partial charge in [0.2, 0.25) is 0 Å². The van der Waals surface area contributed by atoms with Gasteiger partial charge in [0.05, 0.1) is 11.9 Å². The van der Waals surface area contributed by atoms with Crippen LogP contribution in [0.3, 0.4) is 0 Å². The van der Waals surface area contributed by atoms with Crippen molar-refractivity contribution in [3.63, 3.8) is 0 Å². The standard InChI is InChI=1S/C19H23ClN4O/c20-15-8-6-14(7-9-15)12-21-17-10-11-18(22-13-17)24-19(25)23-16-4-2-1-3-5-16/h6-11,13,16,21H,1-5,12H2,(H2,22,23,24,25). The van der Waals surface area contributed by atoms with Crippen LogP contribution in [-0.4, -0.2) is 17.1 Å². The largest absolute Gasteiger partial charge is 0.380 e. The van der Waals surface area contributed by atoms with E-state index in [-0.39, 0.29) is 12.1 Å². The summed E-state index contributed by atoms with van der Waals surface area (Å²) >= 11 is 5.88. The number of hydrogen-bond donors (Lipinski definition) is 3. The Hall–Kier alpha value is -2.27. The molecule has 1 aromatic heterocycles. The molecule has 0 spiro atoms. The third-order valence-corrected chi connectivity index (χ3v) is 4.61. The Kier molecular flexibility index (Phi) is 6.12. The quantitative estimate of drug-likeness (QED) is 0.719. The molecule has 3 rings (SSSR count). The third-order valence-electron chi connectivity index (χ3n) is 4.36. The average molecular weight is 359 g/mol. The molecular formula is C19H23ClN4O. The number of rotatable bonds is 5. The van der Waals surface area contributed by atoms with E-state index in [0.717, 1.165) is 29.1 Å². The van der Waals surface area contributed by atoms with Crippen LogP contribution in [0.5, 0.6) is 0 Å². The lowest BCUT2D eigenvalue weighted by molar-refractivity contribution is 0.244. The molecule has 1 aromatic carbocycles. The van der Waals surface area contributed by atoms with Gasteiger partial charge in [0.15, 0.2) is 0 Å². The SMILES string of the molecule is O=C(Nc1ccc(NCc2ccc(Cl)cc2)cn1)NC1CCCCC1. The maximum absolute atomic E-state index is 12.0. The molecule has 0 unspecified atom stereocenters. The number of carbonyl (C=O) groups excluding carboxylic acids is 1. The van der Waals surface area contributed by atoms with Crippen molar-refractivity contribution in [3.05, 3.63) is 53.2 Å². The molecule has 25 heavy (non-hydrogen) atoms. The van der Waals surface area contributed by atoms with Crippen molar-refractivity contribution in [1.29, 1.82) is 0 Å². The second-order valence-electron chi connectivity index (χ2n) is 6.35. The molecule has 0 aliphatic heterocycles. The van der Waals surface area contributed by atoms with Crippen LogP contribution in [0.25, 0.3) is 0 Å². The van der Waals surface area contributed by atoms with E-state index in [1.54, 1.807) is 12.3 Å². The summed E-state index contributed by atoms with van der Waals surface area (Å²) in [5.41, 5.74) is 2.03. The van der Waals surface area contributed by atoms with Gasteiger partial charge in [-0.05, 0) is 42.7 Å². The maximum Gasteiger partial charge on any atom is 0.320 e.